The van der Waals surface area contributed by atoms with E-state index in [-0.39, 0.29) is 10.6 Å². The fourth-order valence-electron chi connectivity index (χ4n) is 2.34. The quantitative estimate of drug-likeness (QED) is 0.526. The Morgan fingerprint density at radius 2 is 1.83 bits per heavy atom. The van der Waals surface area contributed by atoms with Crippen LogP contribution in [0.25, 0.3) is 0 Å². The molecule has 24 heavy (non-hydrogen) atoms. The van der Waals surface area contributed by atoms with Crippen molar-refractivity contribution < 1.29 is 18.3 Å². The van der Waals surface area contributed by atoms with E-state index in [2.05, 4.69) is 5.32 Å². The maximum Gasteiger partial charge on any atom is 0.404 e. The van der Waals surface area contributed by atoms with Gasteiger partial charge in [-0.25, -0.2) is 13.2 Å². The Morgan fingerprint density at radius 1 is 1.12 bits per heavy atom. The molecule has 4 N–H and O–H groups in total. The number of nitrogens with one attached hydrogen (secondary N) is 1. The van der Waals surface area contributed by atoms with Gasteiger partial charge < -0.3 is 16.2 Å². The van der Waals surface area contributed by atoms with Gasteiger partial charge in [-0.15, -0.1) is 0 Å². The van der Waals surface area contributed by atoms with E-state index < -0.39 is 15.9 Å². The molecule has 0 fully saturated rings. The van der Waals surface area contributed by atoms with E-state index in [4.69, 9.17) is 10.8 Å². The van der Waals surface area contributed by atoms with Crippen LogP contribution in [0.4, 0.5) is 10.5 Å². The average Bonchev–Trinajstić information content (AvgIpc) is 2.55. The van der Waals surface area contributed by atoms with Crippen LogP contribution in [-0.2, 0) is 22.0 Å². The minimum absolute atomic E-state index is 0.163. The summed E-state index contributed by atoms with van der Waals surface area (Å²) in [6.07, 6.45) is 0.210. The zero-order valence-corrected chi connectivity index (χ0v) is 13.9. The summed E-state index contributed by atoms with van der Waals surface area (Å²) in [4.78, 5) is 10.7. The summed E-state index contributed by atoms with van der Waals surface area (Å²) >= 11 is 0. The van der Waals surface area contributed by atoms with E-state index in [0.717, 1.165) is 5.56 Å². The molecule has 0 saturated heterocycles. The second-order valence-electron chi connectivity index (χ2n) is 5.44. The molecule has 128 valence electrons. The van der Waals surface area contributed by atoms with Crippen molar-refractivity contribution in [1.82, 2.24) is 5.32 Å². The molecule has 2 aromatic carbocycles. The first kappa shape index (κ1) is 17.8. The maximum atomic E-state index is 12.5. The van der Waals surface area contributed by atoms with Crippen LogP contribution >= 0.6 is 0 Å². The van der Waals surface area contributed by atoms with Gasteiger partial charge in [0.05, 0.1) is 10.6 Å². The van der Waals surface area contributed by atoms with Crippen LogP contribution in [0.2, 0.25) is 0 Å². The van der Waals surface area contributed by atoms with E-state index >= 15 is 0 Å². The number of benzene rings is 2. The first-order chi connectivity index (χ1) is 11.4. The molecule has 0 aliphatic carbocycles. The molecule has 0 radical (unpaired) electrons. The van der Waals surface area contributed by atoms with E-state index in [1.807, 2.05) is 6.07 Å². The first-order valence-corrected chi connectivity index (χ1v) is 9.15. The van der Waals surface area contributed by atoms with Crippen LogP contribution in [-0.4, -0.2) is 26.2 Å². The standard InChI is InChI=1S/C17H20N2O4S/c18-16-9-8-13(5-4-10-19-17(20)21)11-14(16)12-24(22,23)15-6-2-1-3-7-15/h1-3,6-9,11,19H,4-5,10,12,18H2,(H,20,21). The van der Waals surface area contributed by atoms with E-state index in [0.29, 0.717) is 30.6 Å². The third-order valence-corrected chi connectivity index (χ3v) is 5.26. The molecule has 0 aromatic heterocycles. The predicted molar refractivity (Wildman–Crippen MR) is 92.5 cm³/mol. The van der Waals surface area contributed by atoms with Crippen LogP contribution in [0.1, 0.15) is 17.5 Å². The van der Waals surface area contributed by atoms with E-state index in [1.165, 1.54) is 0 Å². The number of aryl methyl sites for hydroxylation is 1. The Bertz CT molecular complexity index is 805. The molecule has 2 aromatic rings. The normalized spacial score (nSPS) is 11.2. The van der Waals surface area contributed by atoms with Gasteiger partial charge in [-0.1, -0.05) is 30.3 Å². The second-order valence-corrected chi connectivity index (χ2v) is 7.43. The zero-order valence-electron chi connectivity index (χ0n) is 13.1. The van der Waals surface area contributed by atoms with Gasteiger partial charge in [0.1, 0.15) is 0 Å². The van der Waals surface area contributed by atoms with Gasteiger partial charge in [-0.05, 0) is 42.2 Å². The lowest BCUT2D eigenvalue weighted by atomic mass is 10.1. The summed E-state index contributed by atoms with van der Waals surface area (Å²) in [5.41, 5.74) is 7.83. The number of sulfone groups is 1. The summed E-state index contributed by atoms with van der Waals surface area (Å²) in [5, 5.41) is 10.8. The zero-order chi connectivity index (χ0) is 17.6. The summed E-state index contributed by atoms with van der Waals surface area (Å²) in [6, 6.07) is 13.5. The molecule has 0 unspecified atom stereocenters. The SMILES string of the molecule is Nc1ccc(CCCNC(=O)O)cc1CS(=O)(=O)c1ccccc1. The van der Waals surface area contributed by atoms with Gasteiger partial charge in [-0.3, -0.25) is 0 Å². The van der Waals surface area contributed by atoms with Crippen LogP contribution < -0.4 is 11.1 Å². The molecular formula is C17H20N2O4S. The monoisotopic (exact) mass is 348 g/mol. The molecule has 0 saturated carbocycles. The first-order valence-electron chi connectivity index (χ1n) is 7.50. The average molecular weight is 348 g/mol. The largest absolute Gasteiger partial charge is 0.465 e. The van der Waals surface area contributed by atoms with Gasteiger partial charge >= 0.3 is 6.09 Å². The van der Waals surface area contributed by atoms with Crippen LogP contribution in [0.3, 0.4) is 0 Å². The predicted octanol–water partition coefficient (Wildman–Crippen LogP) is 2.44. The number of carbonyl (C=O) groups is 1. The Morgan fingerprint density at radius 3 is 2.50 bits per heavy atom. The van der Waals surface area contributed by atoms with Crippen molar-refractivity contribution in [1.29, 1.82) is 0 Å². The van der Waals surface area contributed by atoms with Crippen LogP contribution in [0, 0.1) is 0 Å². The fourth-order valence-corrected chi connectivity index (χ4v) is 3.74. The Balaban J connectivity index is 2.10. The van der Waals surface area contributed by atoms with Gasteiger partial charge in [0.2, 0.25) is 0 Å². The van der Waals surface area contributed by atoms with Crippen molar-refractivity contribution in [3.8, 4) is 0 Å². The van der Waals surface area contributed by atoms with Crippen molar-refractivity contribution in [3.05, 3.63) is 59.7 Å². The number of carboxylic acid groups (broad SMARTS) is 1. The lowest BCUT2D eigenvalue weighted by Gasteiger charge is -2.10. The third kappa shape index (κ3) is 4.99. The molecule has 7 heteroatoms. The molecule has 1 amide bonds. The molecule has 0 atom stereocenters. The number of hydrogen-bond donors (Lipinski definition) is 3. The molecule has 6 nitrogen and oxygen atoms in total. The second kappa shape index (κ2) is 7.83. The van der Waals surface area contributed by atoms with Crippen molar-refractivity contribution in [3.63, 3.8) is 0 Å². The lowest BCUT2D eigenvalue weighted by molar-refractivity contribution is 0.194. The van der Waals surface area contributed by atoms with Gasteiger partial charge in [0.25, 0.3) is 0 Å². The summed E-state index contributed by atoms with van der Waals surface area (Å²) < 4.78 is 24.9. The van der Waals surface area contributed by atoms with E-state index in [1.54, 1.807) is 42.5 Å². The topological polar surface area (TPSA) is 109 Å². The number of nitrogen functional groups attached to an aromatic ring is 1. The van der Waals surface area contributed by atoms with Crippen LogP contribution in [0.5, 0.6) is 0 Å². The molecular weight excluding hydrogens is 328 g/mol. The number of nitrogens with two attached hydrogens (primary N) is 1. The van der Waals surface area contributed by atoms with Gasteiger partial charge in [0.15, 0.2) is 9.84 Å². The molecule has 2 rings (SSSR count). The number of rotatable bonds is 7. The van der Waals surface area contributed by atoms with Crippen molar-refractivity contribution in [2.75, 3.05) is 12.3 Å². The van der Waals surface area contributed by atoms with Crippen molar-refractivity contribution in [2.24, 2.45) is 0 Å². The summed E-state index contributed by atoms with van der Waals surface area (Å²) in [5.74, 6) is -0.163. The molecule has 0 bridgehead atoms. The smallest absolute Gasteiger partial charge is 0.404 e. The third-order valence-electron chi connectivity index (χ3n) is 3.57. The number of amides is 1. The molecule has 0 aliphatic rings. The van der Waals surface area contributed by atoms with Gasteiger partial charge in [-0.2, -0.15) is 0 Å². The Kier molecular flexibility index (Phi) is 5.81. The number of anilines is 1. The number of hydrogen-bond acceptors (Lipinski definition) is 4. The highest BCUT2D eigenvalue weighted by Crippen LogP contribution is 2.22. The van der Waals surface area contributed by atoms with E-state index in [9.17, 15) is 13.2 Å². The molecule has 0 spiro atoms. The Hall–Kier alpha value is -2.54. The van der Waals surface area contributed by atoms with Crippen molar-refractivity contribution in [2.45, 2.75) is 23.5 Å². The molecule has 0 heterocycles. The highest BCUT2D eigenvalue weighted by Gasteiger charge is 2.16. The molecule has 0 aliphatic heterocycles. The Labute approximate surface area is 141 Å². The lowest BCUT2D eigenvalue weighted by Crippen LogP contribution is -2.22. The maximum absolute atomic E-state index is 12.5. The fraction of sp³-hybridized carbons (Fsp3) is 0.235. The summed E-state index contributed by atoms with van der Waals surface area (Å²) in [6.45, 7) is 0.345. The summed E-state index contributed by atoms with van der Waals surface area (Å²) in [7, 11) is -3.46. The van der Waals surface area contributed by atoms with Crippen molar-refractivity contribution >= 4 is 21.6 Å². The minimum Gasteiger partial charge on any atom is -0.465 e. The highest BCUT2D eigenvalue weighted by atomic mass is 32.2. The van der Waals surface area contributed by atoms with Crippen LogP contribution in [0.15, 0.2) is 53.4 Å². The van der Waals surface area contributed by atoms with Gasteiger partial charge in [0, 0.05) is 12.2 Å². The minimum atomic E-state index is -3.46. The highest BCUT2D eigenvalue weighted by molar-refractivity contribution is 7.90.